The van der Waals surface area contributed by atoms with Gasteiger partial charge in [0.2, 0.25) is 0 Å². The second-order valence-corrected chi connectivity index (χ2v) is 16.0. The minimum Gasteiger partial charge on any atom is -0.404 e. The van der Waals surface area contributed by atoms with Crippen molar-refractivity contribution in [3.8, 4) is 0 Å². The largest absolute Gasteiger partial charge is 0.404 e. The number of aryl methyl sites for hydroxylation is 2. The van der Waals surface area contributed by atoms with Crippen molar-refractivity contribution in [3.05, 3.63) is 89.4 Å². The van der Waals surface area contributed by atoms with Crippen LogP contribution in [0.3, 0.4) is 0 Å². The van der Waals surface area contributed by atoms with Crippen molar-refractivity contribution in [2.24, 2.45) is 22.1 Å². The summed E-state index contributed by atoms with van der Waals surface area (Å²) in [7, 11) is 0. The Morgan fingerprint density at radius 1 is 0.957 bits per heavy atom. The van der Waals surface area contributed by atoms with Gasteiger partial charge in [0.15, 0.2) is 0 Å². The van der Waals surface area contributed by atoms with Gasteiger partial charge in [-0.3, -0.25) is 4.99 Å². The molecule has 47 heavy (non-hydrogen) atoms. The molecule has 4 nitrogen and oxygen atoms in total. The lowest BCUT2D eigenvalue weighted by atomic mass is 9.51. The number of nitrogens with two attached hydrogens (primary N) is 1. The zero-order chi connectivity index (χ0) is 33.7. The molecule has 0 unspecified atom stereocenters. The molecule has 1 aromatic carbocycles. The number of hydrogen-bond acceptors (Lipinski definition) is 4. The van der Waals surface area contributed by atoms with Gasteiger partial charge in [0.1, 0.15) is 5.82 Å². The van der Waals surface area contributed by atoms with E-state index in [1.807, 2.05) is 26.3 Å². The van der Waals surface area contributed by atoms with Gasteiger partial charge in [-0.2, -0.15) is 0 Å². The third-order valence-electron chi connectivity index (χ3n) is 12.1. The zero-order valence-corrected chi connectivity index (χ0v) is 30.3. The molecule has 0 amide bonds. The summed E-state index contributed by atoms with van der Waals surface area (Å²) in [6.45, 7) is 20.1. The van der Waals surface area contributed by atoms with E-state index in [1.165, 1.54) is 99.4 Å². The smallest absolute Gasteiger partial charge is 0.133 e. The number of nitrogens with zero attached hydrogens (tertiary/aromatic N) is 3. The van der Waals surface area contributed by atoms with E-state index in [0.717, 1.165) is 42.8 Å². The lowest BCUT2D eigenvalue weighted by Crippen LogP contribution is -2.49. The standard InChI is InChI=1S/C39H54N4.C4H8/c1-5-31-12-13-35(24-29(31)2)39-20-17-38(18-21-39,19-22-39)28-43(30(3)32-10-7-6-8-11-32)36-25-33(14-23-41-36)34(26-40)27-42-37(4)15-9-16-37;1-4(2)3/h12-14,23-27,32H,3,5-11,15-22,28,40H2,1-2,4H3;1H2,2-3H3/b34-26+,42-27?;. The highest BCUT2D eigenvalue weighted by molar-refractivity contribution is 6.10. The number of anilines is 1. The molecule has 2 N–H and O–H groups in total. The summed E-state index contributed by atoms with van der Waals surface area (Å²) in [6, 6.07) is 11.7. The number of aliphatic imine (C=N–C) groups is 1. The van der Waals surface area contributed by atoms with Gasteiger partial charge in [-0.15, -0.1) is 6.58 Å². The number of allylic oxidation sites excluding steroid dienone is 3. The first-order valence-corrected chi connectivity index (χ1v) is 18.6. The molecule has 0 atom stereocenters. The minimum absolute atomic E-state index is 0.0680. The first-order chi connectivity index (χ1) is 22.5. The highest BCUT2D eigenvalue weighted by atomic mass is 15.2. The fourth-order valence-corrected chi connectivity index (χ4v) is 8.68. The molecule has 0 spiro atoms. The summed E-state index contributed by atoms with van der Waals surface area (Å²) in [4.78, 5) is 12.5. The lowest BCUT2D eigenvalue weighted by molar-refractivity contribution is 0.0459. The molecule has 254 valence electrons. The maximum atomic E-state index is 6.17. The van der Waals surface area contributed by atoms with Crippen molar-refractivity contribution in [3.63, 3.8) is 0 Å². The van der Waals surface area contributed by atoms with Crippen molar-refractivity contribution < 1.29 is 0 Å². The average molecular weight is 635 g/mol. The fraction of sp³-hybridized carbons (Fsp3) is 0.581. The summed E-state index contributed by atoms with van der Waals surface area (Å²) < 4.78 is 0. The number of pyridine rings is 1. The lowest BCUT2D eigenvalue weighted by Gasteiger charge is -2.55. The molecule has 2 bridgehead atoms. The highest BCUT2D eigenvalue weighted by Crippen LogP contribution is 2.58. The SMILES string of the molecule is C=C(C)C.C=C(C1CCCCC1)N(CC12CCC(c3ccc(CC)c(C)c3)(CC1)CC2)c1cc(/C(C=NC2(C)CCC2)=C/N)ccn1. The molecule has 4 heteroatoms. The van der Waals surface area contributed by atoms with E-state index in [9.17, 15) is 0 Å². The molecule has 0 radical (unpaired) electrons. The predicted molar refractivity (Wildman–Crippen MR) is 203 cm³/mol. The van der Waals surface area contributed by atoms with E-state index in [4.69, 9.17) is 22.3 Å². The Hall–Kier alpha value is -3.14. The molecule has 2 aromatic rings. The van der Waals surface area contributed by atoms with Crippen LogP contribution in [0.1, 0.15) is 140 Å². The molecular weight excluding hydrogens is 573 g/mol. The van der Waals surface area contributed by atoms with Crippen LogP contribution in [-0.4, -0.2) is 23.3 Å². The van der Waals surface area contributed by atoms with Gasteiger partial charge in [0.05, 0.1) is 5.54 Å². The van der Waals surface area contributed by atoms with E-state index in [2.05, 4.69) is 62.6 Å². The van der Waals surface area contributed by atoms with Crippen LogP contribution in [0.15, 0.2) is 72.1 Å². The van der Waals surface area contributed by atoms with Crippen molar-refractivity contribution in [2.45, 2.75) is 142 Å². The van der Waals surface area contributed by atoms with E-state index in [0.29, 0.717) is 16.7 Å². The quantitative estimate of drug-likeness (QED) is 0.209. The number of benzene rings is 1. The topological polar surface area (TPSA) is 54.5 Å². The van der Waals surface area contributed by atoms with Gasteiger partial charge in [0.25, 0.3) is 0 Å². The third-order valence-corrected chi connectivity index (χ3v) is 12.1. The number of fused-ring (bicyclic) bond motifs is 3. The molecule has 7 rings (SSSR count). The van der Waals surface area contributed by atoms with Gasteiger partial charge in [-0.25, -0.2) is 4.98 Å². The van der Waals surface area contributed by atoms with E-state index < -0.39 is 0 Å². The summed E-state index contributed by atoms with van der Waals surface area (Å²) in [5, 5.41) is 0. The van der Waals surface area contributed by atoms with Crippen LogP contribution in [0.25, 0.3) is 5.57 Å². The molecule has 5 aliphatic rings. The molecule has 0 saturated heterocycles. The molecular formula is C43H62N4. The maximum Gasteiger partial charge on any atom is 0.133 e. The van der Waals surface area contributed by atoms with Gasteiger partial charge in [-0.1, -0.05) is 56.5 Å². The number of aromatic nitrogens is 1. The van der Waals surface area contributed by atoms with Gasteiger partial charge >= 0.3 is 0 Å². The van der Waals surface area contributed by atoms with Crippen LogP contribution in [0.5, 0.6) is 0 Å². The van der Waals surface area contributed by atoms with Crippen LogP contribution in [-0.2, 0) is 11.8 Å². The van der Waals surface area contributed by atoms with E-state index >= 15 is 0 Å². The molecule has 1 aromatic heterocycles. The van der Waals surface area contributed by atoms with Crippen molar-refractivity contribution in [1.82, 2.24) is 4.98 Å². The monoisotopic (exact) mass is 634 g/mol. The van der Waals surface area contributed by atoms with Crippen LogP contribution in [0.2, 0.25) is 0 Å². The highest BCUT2D eigenvalue weighted by Gasteiger charge is 2.50. The molecule has 5 fully saturated rings. The first kappa shape index (κ1) is 35.2. The van der Waals surface area contributed by atoms with Gasteiger partial charge < -0.3 is 10.6 Å². The Labute approximate surface area is 286 Å². The molecule has 1 heterocycles. The first-order valence-electron chi connectivity index (χ1n) is 18.6. The predicted octanol–water partition coefficient (Wildman–Crippen LogP) is 11.0. The van der Waals surface area contributed by atoms with Crippen LogP contribution < -0.4 is 10.6 Å². The summed E-state index contributed by atoms with van der Waals surface area (Å²) in [5.74, 6) is 1.57. The van der Waals surface area contributed by atoms with Gasteiger partial charge in [-0.05, 0) is 156 Å². The molecule has 0 aliphatic heterocycles. The Balaban J connectivity index is 0.00000103. The minimum atomic E-state index is 0.0680. The van der Waals surface area contributed by atoms with E-state index in [-0.39, 0.29) is 5.54 Å². The fourth-order valence-electron chi connectivity index (χ4n) is 8.68. The molecule has 5 saturated carbocycles. The number of rotatable bonds is 10. The maximum absolute atomic E-state index is 6.17. The summed E-state index contributed by atoms with van der Waals surface area (Å²) >= 11 is 0. The Bertz CT molecular complexity index is 1440. The normalized spacial score (nSPS) is 25.5. The third kappa shape index (κ3) is 8.12. The second-order valence-electron chi connectivity index (χ2n) is 16.0. The Morgan fingerprint density at radius 3 is 2.17 bits per heavy atom. The second kappa shape index (κ2) is 15.0. The summed E-state index contributed by atoms with van der Waals surface area (Å²) in [5.41, 5.74) is 16.0. The molecule has 5 aliphatic carbocycles. The van der Waals surface area contributed by atoms with Crippen LogP contribution >= 0.6 is 0 Å². The van der Waals surface area contributed by atoms with Crippen molar-refractivity contribution >= 4 is 17.6 Å². The van der Waals surface area contributed by atoms with Crippen LogP contribution in [0.4, 0.5) is 5.82 Å². The van der Waals surface area contributed by atoms with E-state index in [1.54, 1.807) is 11.8 Å². The van der Waals surface area contributed by atoms with Gasteiger partial charge in [0, 0.05) is 36.4 Å². The average Bonchev–Trinajstić information content (AvgIpc) is 3.07. The Kier molecular flexibility index (Phi) is 11.2. The summed E-state index contributed by atoms with van der Waals surface area (Å²) in [6.07, 6.45) is 24.6. The van der Waals surface area contributed by atoms with Crippen molar-refractivity contribution in [1.29, 1.82) is 0 Å². The number of hydrogen-bond donors (Lipinski definition) is 1. The van der Waals surface area contributed by atoms with Crippen LogP contribution in [0, 0.1) is 18.3 Å². The zero-order valence-electron chi connectivity index (χ0n) is 30.3. The Morgan fingerprint density at radius 2 is 1.62 bits per heavy atom. The van der Waals surface area contributed by atoms with Crippen molar-refractivity contribution in [2.75, 3.05) is 11.4 Å².